The molecule has 2 atom stereocenters. The molecule has 0 spiro atoms. The third-order valence-electron chi connectivity index (χ3n) is 7.82. The topological polar surface area (TPSA) is 62.7 Å². The highest BCUT2D eigenvalue weighted by atomic mass is 16.5. The minimum atomic E-state index is 0.0397. The summed E-state index contributed by atoms with van der Waals surface area (Å²) in [7, 11) is 1.74. The summed E-state index contributed by atoms with van der Waals surface area (Å²) in [6.07, 6.45) is 8.08. The Morgan fingerprint density at radius 3 is 2.64 bits per heavy atom. The van der Waals surface area contributed by atoms with Gasteiger partial charge in [-0.15, -0.1) is 0 Å². The second-order valence-electron chi connectivity index (χ2n) is 9.92. The van der Waals surface area contributed by atoms with E-state index in [0.717, 1.165) is 37.2 Å². The van der Waals surface area contributed by atoms with Gasteiger partial charge < -0.3 is 15.4 Å². The van der Waals surface area contributed by atoms with E-state index in [2.05, 4.69) is 28.8 Å². The number of nitrogens with one attached hydrogen (secondary N) is 2. The molecule has 2 aromatic rings. The lowest BCUT2D eigenvalue weighted by Crippen LogP contribution is -2.32. The molecule has 0 bridgehead atoms. The Morgan fingerprint density at radius 2 is 1.85 bits per heavy atom. The van der Waals surface area contributed by atoms with Gasteiger partial charge in [0.15, 0.2) is 0 Å². The predicted octanol–water partition coefficient (Wildman–Crippen LogP) is 4.72. The van der Waals surface area contributed by atoms with Crippen LogP contribution in [0.3, 0.4) is 0 Å². The lowest BCUT2D eigenvalue weighted by atomic mass is 9.80. The Bertz CT molecular complexity index is 995. The number of amides is 1. The van der Waals surface area contributed by atoms with Gasteiger partial charge in [0.05, 0.1) is 12.9 Å². The number of fused-ring (bicyclic) bond motifs is 3. The number of aryl methyl sites for hydroxylation is 1. The number of aliphatic imine (C=N–C) groups is 1. The number of carbonyl (C=O) groups is 1. The molecule has 1 saturated heterocycles. The molecule has 1 amide bonds. The molecule has 5 nitrogen and oxygen atoms in total. The van der Waals surface area contributed by atoms with E-state index in [1.165, 1.54) is 49.1 Å². The third kappa shape index (κ3) is 5.07. The quantitative estimate of drug-likeness (QED) is 0.676. The van der Waals surface area contributed by atoms with Crippen molar-refractivity contribution in [2.75, 3.05) is 20.2 Å². The molecule has 0 unspecified atom stereocenters. The van der Waals surface area contributed by atoms with E-state index in [0.29, 0.717) is 23.8 Å². The first-order valence-electron chi connectivity index (χ1n) is 12.5. The summed E-state index contributed by atoms with van der Waals surface area (Å²) in [5.41, 5.74) is 3.66. The standard InChI is InChI=1S/C28H35N3O2/c1-33-23-12-13-24-22(15-23)11-14-26-25(24)16-27(31-26)29-17-19-7-9-20(10-8-19)18-30-28(32)21-5-3-2-4-6-21/h2-6,12-13,15,19-20,25-26H,7-11,14,16-18H2,1H3,(H,29,31)(H,30,32)/t19?,20?,25-,26+/m0/s1. The fraction of sp³-hybridized carbons (Fsp3) is 0.500. The van der Waals surface area contributed by atoms with E-state index in [1.807, 2.05) is 30.3 Å². The zero-order valence-corrected chi connectivity index (χ0v) is 19.6. The number of ether oxygens (including phenoxy) is 1. The predicted molar refractivity (Wildman–Crippen MR) is 132 cm³/mol. The molecule has 0 radical (unpaired) electrons. The Hall–Kier alpha value is -2.82. The van der Waals surface area contributed by atoms with Gasteiger partial charge in [-0.05, 0) is 85.8 Å². The first kappa shape index (κ1) is 22.0. The highest BCUT2D eigenvalue weighted by molar-refractivity contribution is 5.94. The highest BCUT2D eigenvalue weighted by Crippen LogP contribution is 2.39. The van der Waals surface area contributed by atoms with Crippen LogP contribution in [0.15, 0.2) is 53.5 Å². The lowest BCUT2D eigenvalue weighted by Gasteiger charge is -2.28. The van der Waals surface area contributed by atoms with E-state index in [1.54, 1.807) is 7.11 Å². The number of nitrogens with zero attached hydrogens (tertiary/aromatic N) is 1. The van der Waals surface area contributed by atoms with E-state index in [-0.39, 0.29) is 5.91 Å². The lowest BCUT2D eigenvalue weighted by molar-refractivity contribution is 0.0941. The van der Waals surface area contributed by atoms with Crippen LogP contribution in [0.2, 0.25) is 0 Å². The van der Waals surface area contributed by atoms with Crippen molar-refractivity contribution < 1.29 is 9.53 Å². The summed E-state index contributed by atoms with van der Waals surface area (Å²) in [5, 5.41) is 6.85. The van der Waals surface area contributed by atoms with Crippen LogP contribution in [0, 0.1) is 11.8 Å². The number of hydrogen-bond acceptors (Lipinski definition) is 3. The van der Waals surface area contributed by atoms with Crippen LogP contribution < -0.4 is 15.4 Å². The van der Waals surface area contributed by atoms with Crippen LogP contribution in [0.25, 0.3) is 0 Å². The summed E-state index contributed by atoms with van der Waals surface area (Å²) in [5.74, 6) is 4.00. The minimum absolute atomic E-state index is 0.0397. The Balaban J connectivity index is 1.08. The monoisotopic (exact) mass is 445 g/mol. The molecular weight excluding hydrogens is 410 g/mol. The van der Waals surface area contributed by atoms with Crippen molar-refractivity contribution in [3.63, 3.8) is 0 Å². The van der Waals surface area contributed by atoms with E-state index >= 15 is 0 Å². The fourth-order valence-electron chi connectivity index (χ4n) is 5.82. The number of methoxy groups -OCH3 is 1. The van der Waals surface area contributed by atoms with Gasteiger partial charge in [-0.1, -0.05) is 24.3 Å². The number of hydrogen-bond donors (Lipinski definition) is 2. The molecule has 1 saturated carbocycles. The maximum absolute atomic E-state index is 12.3. The molecule has 2 N–H and O–H groups in total. The average molecular weight is 446 g/mol. The van der Waals surface area contributed by atoms with Crippen molar-refractivity contribution in [2.45, 2.75) is 56.9 Å². The molecule has 2 fully saturated rings. The van der Waals surface area contributed by atoms with Gasteiger partial charge in [0.25, 0.3) is 5.91 Å². The molecule has 1 aliphatic heterocycles. The molecule has 3 aliphatic rings. The second kappa shape index (κ2) is 9.98. The first-order chi connectivity index (χ1) is 16.2. The fourth-order valence-corrected chi connectivity index (χ4v) is 5.82. The summed E-state index contributed by atoms with van der Waals surface area (Å²) >= 11 is 0. The normalized spacial score (nSPS) is 27.4. The number of carbonyl (C=O) groups excluding carboxylic acids is 1. The molecule has 0 aromatic heterocycles. The minimum Gasteiger partial charge on any atom is -0.497 e. The van der Waals surface area contributed by atoms with Crippen LogP contribution in [-0.2, 0) is 6.42 Å². The molecular formula is C28H35N3O2. The molecule has 5 heteroatoms. The Morgan fingerprint density at radius 1 is 1.06 bits per heavy atom. The SMILES string of the molecule is COc1ccc2c(c1)CC[C@H]1NC(=NCC3CCC(CNC(=O)c4ccccc4)CC3)C[C@@H]21. The van der Waals surface area contributed by atoms with Crippen LogP contribution >= 0.6 is 0 Å². The molecule has 2 aliphatic carbocycles. The summed E-state index contributed by atoms with van der Waals surface area (Å²) < 4.78 is 5.41. The van der Waals surface area contributed by atoms with E-state index in [4.69, 9.17) is 9.73 Å². The van der Waals surface area contributed by atoms with Gasteiger partial charge in [0.1, 0.15) is 5.75 Å². The second-order valence-corrected chi connectivity index (χ2v) is 9.92. The van der Waals surface area contributed by atoms with Crippen LogP contribution in [-0.4, -0.2) is 38.0 Å². The maximum Gasteiger partial charge on any atom is 0.251 e. The summed E-state index contributed by atoms with van der Waals surface area (Å²) in [4.78, 5) is 17.3. The summed E-state index contributed by atoms with van der Waals surface area (Å²) in [6.45, 7) is 1.71. The van der Waals surface area contributed by atoms with Crippen LogP contribution in [0.4, 0.5) is 0 Å². The Labute approximate surface area is 197 Å². The highest BCUT2D eigenvalue weighted by Gasteiger charge is 2.36. The van der Waals surface area contributed by atoms with E-state index < -0.39 is 0 Å². The van der Waals surface area contributed by atoms with Gasteiger partial charge in [-0.2, -0.15) is 0 Å². The molecule has 33 heavy (non-hydrogen) atoms. The smallest absolute Gasteiger partial charge is 0.251 e. The zero-order valence-electron chi connectivity index (χ0n) is 19.6. The molecule has 1 heterocycles. The average Bonchev–Trinajstić information content (AvgIpc) is 3.30. The van der Waals surface area contributed by atoms with Gasteiger partial charge in [0.2, 0.25) is 0 Å². The van der Waals surface area contributed by atoms with Crippen molar-refractivity contribution >= 4 is 11.7 Å². The van der Waals surface area contributed by atoms with Gasteiger partial charge in [-0.25, -0.2) is 0 Å². The van der Waals surface area contributed by atoms with E-state index in [9.17, 15) is 4.79 Å². The van der Waals surface area contributed by atoms with Crippen molar-refractivity contribution in [3.05, 3.63) is 65.2 Å². The zero-order chi connectivity index (χ0) is 22.6. The summed E-state index contributed by atoms with van der Waals surface area (Å²) in [6, 6.07) is 16.6. The number of rotatable bonds is 6. The van der Waals surface area contributed by atoms with Gasteiger partial charge in [0, 0.05) is 37.0 Å². The van der Waals surface area contributed by atoms with Crippen LogP contribution in [0.1, 0.15) is 65.9 Å². The maximum atomic E-state index is 12.3. The van der Waals surface area contributed by atoms with Crippen LogP contribution in [0.5, 0.6) is 5.75 Å². The number of amidine groups is 1. The van der Waals surface area contributed by atoms with Crippen molar-refractivity contribution in [3.8, 4) is 5.75 Å². The van der Waals surface area contributed by atoms with Crippen molar-refractivity contribution in [1.82, 2.24) is 10.6 Å². The largest absolute Gasteiger partial charge is 0.497 e. The van der Waals surface area contributed by atoms with Crippen molar-refractivity contribution in [2.24, 2.45) is 16.8 Å². The van der Waals surface area contributed by atoms with Gasteiger partial charge in [-0.3, -0.25) is 9.79 Å². The molecule has 2 aromatic carbocycles. The first-order valence-corrected chi connectivity index (χ1v) is 12.5. The Kier molecular flexibility index (Phi) is 6.65. The molecule has 5 rings (SSSR count). The third-order valence-corrected chi connectivity index (χ3v) is 7.82. The molecule has 174 valence electrons. The number of benzene rings is 2. The van der Waals surface area contributed by atoms with Crippen molar-refractivity contribution in [1.29, 1.82) is 0 Å². The van der Waals surface area contributed by atoms with Gasteiger partial charge >= 0.3 is 0 Å².